The van der Waals surface area contributed by atoms with Gasteiger partial charge in [0.1, 0.15) is 0 Å². The molecule has 108 valence electrons. The Kier molecular flexibility index (Phi) is 8.71. The Labute approximate surface area is 121 Å². The Balaban J connectivity index is 0.00000324. The van der Waals surface area contributed by atoms with Gasteiger partial charge in [-0.25, -0.2) is 0 Å². The summed E-state index contributed by atoms with van der Waals surface area (Å²) in [6.07, 6.45) is 0. The second-order valence-electron chi connectivity index (χ2n) is 3.95. The van der Waals surface area contributed by atoms with Crippen LogP contribution in [0, 0.1) is 5.92 Å². The molecular weight excluding hydrogens is 294 g/mol. The first kappa shape index (κ1) is 18.1. The zero-order chi connectivity index (χ0) is 13.5. The third-order valence-corrected chi connectivity index (χ3v) is 3.08. The summed E-state index contributed by atoms with van der Waals surface area (Å²) in [5.74, 6) is -2.46. The summed E-state index contributed by atoms with van der Waals surface area (Å²) in [7, 11) is 0. The number of benzene rings is 1. The van der Waals surface area contributed by atoms with E-state index in [0.29, 0.717) is 35.3 Å². The summed E-state index contributed by atoms with van der Waals surface area (Å²) in [6.45, 7) is 2.94. The Morgan fingerprint density at radius 2 is 1.95 bits per heavy atom. The van der Waals surface area contributed by atoms with Crippen molar-refractivity contribution >= 4 is 30.1 Å². The van der Waals surface area contributed by atoms with E-state index in [2.05, 4.69) is 5.32 Å². The van der Waals surface area contributed by atoms with Crippen molar-refractivity contribution < 1.29 is 13.6 Å². The number of carbonyl (C=O) groups is 1. The highest BCUT2D eigenvalue weighted by Gasteiger charge is 2.09. The van der Waals surface area contributed by atoms with Crippen LogP contribution >= 0.6 is 24.2 Å². The maximum Gasteiger partial charge on any atom is 0.288 e. The molecule has 1 atom stereocenters. The van der Waals surface area contributed by atoms with Crippen LogP contribution in [-0.4, -0.2) is 24.8 Å². The van der Waals surface area contributed by atoms with E-state index in [1.807, 2.05) is 6.92 Å². The highest BCUT2D eigenvalue weighted by atomic mass is 35.5. The highest BCUT2D eigenvalue weighted by molar-refractivity contribution is 7.99. The Morgan fingerprint density at radius 3 is 2.42 bits per heavy atom. The molecule has 1 rings (SSSR count). The topological polar surface area (TPSA) is 55.1 Å². The fourth-order valence-electron chi connectivity index (χ4n) is 1.24. The van der Waals surface area contributed by atoms with Crippen LogP contribution < -0.4 is 11.1 Å². The van der Waals surface area contributed by atoms with Crippen molar-refractivity contribution in [2.45, 2.75) is 17.6 Å². The zero-order valence-corrected chi connectivity index (χ0v) is 12.1. The van der Waals surface area contributed by atoms with E-state index in [1.54, 1.807) is 0 Å². The van der Waals surface area contributed by atoms with E-state index in [0.717, 1.165) is 0 Å². The van der Waals surface area contributed by atoms with Crippen LogP contribution in [0.4, 0.5) is 8.78 Å². The number of thioether (sulfide) groups is 1. The largest absolute Gasteiger partial charge is 0.352 e. The molecule has 3 nitrogen and oxygen atoms in total. The van der Waals surface area contributed by atoms with Gasteiger partial charge in [-0.2, -0.15) is 8.78 Å². The van der Waals surface area contributed by atoms with E-state index in [9.17, 15) is 13.6 Å². The second kappa shape index (κ2) is 9.12. The second-order valence-corrected chi connectivity index (χ2v) is 5.02. The molecule has 0 saturated heterocycles. The lowest BCUT2D eigenvalue weighted by molar-refractivity contribution is 0.0948. The van der Waals surface area contributed by atoms with Crippen LogP contribution in [0.2, 0.25) is 0 Å². The van der Waals surface area contributed by atoms with Crippen molar-refractivity contribution in [3.05, 3.63) is 29.8 Å². The molecular formula is C12H17ClF2N2OS. The first-order valence-electron chi connectivity index (χ1n) is 5.56. The smallest absolute Gasteiger partial charge is 0.288 e. The minimum atomic E-state index is -2.45. The molecule has 0 saturated carbocycles. The number of hydrogen-bond acceptors (Lipinski definition) is 3. The lowest BCUT2D eigenvalue weighted by atomic mass is 10.1. The minimum Gasteiger partial charge on any atom is -0.352 e. The minimum absolute atomic E-state index is 0. The quantitative estimate of drug-likeness (QED) is 0.794. The van der Waals surface area contributed by atoms with Crippen molar-refractivity contribution in [2.75, 3.05) is 13.1 Å². The number of rotatable bonds is 6. The lowest BCUT2D eigenvalue weighted by Crippen LogP contribution is -2.31. The van der Waals surface area contributed by atoms with Gasteiger partial charge < -0.3 is 11.1 Å². The van der Waals surface area contributed by atoms with Gasteiger partial charge in [0, 0.05) is 17.0 Å². The number of amides is 1. The van der Waals surface area contributed by atoms with Gasteiger partial charge >= 0.3 is 0 Å². The number of carbonyl (C=O) groups excluding carboxylic acids is 1. The molecule has 3 N–H and O–H groups in total. The van der Waals surface area contributed by atoms with Crippen molar-refractivity contribution in [2.24, 2.45) is 11.7 Å². The van der Waals surface area contributed by atoms with Gasteiger partial charge in [0.25, 0.3) is 11.7 Å². The predicted molar refractivity (Wildman–Crippen MR) is 76.1 cm³/mol. The molecule has 1 aromatic rings. The van der Waals surface area contributed by atoms with Gasteiger partial charge in [-0.05, 0) is 36.7 Å². The maximum atomic E-state index is 12.1. The third kappa shape index (κ3) is 6.75. The van der Waals surface area contributed by atoms with Crippen molar-refractivity contribution in [3.63, 3.8) is 0 Å². The fourth-order valence-corrected chi connectivity index (χ4v) is 1.74. The number of alkyl halides is 2. The van der Waals surface area contributed by atoms with Crippen molar-refractivity contribution in [1.82, 2.24) is 5.32 Å². The monoisotopic (exact) mass is 310 g/mol. The van der Waals surface area contributed by atoms with Crippen LogP contribution in [0.3, 0.4) is 0 Å². The first-order chi connectivity index (χ1) is 8.52. The summed E-state index contributed by atoms with van der Waals surface area (Å²) >= 11 is 0.459. The van der Waals surface area contributed by atoms with Gasteiger partial charge in [0.15, 0.2) is 0 Å². The highest BCUT2D eigenvalue weighted by Crippen LogP contribution is 2.25. The average Bonchev–Trinajstić information content (AvgIpc) is 2.35. The van der Waals surface area contributed by atoms with E-state index in [-0.39, 0.29) is 24.2 Å². The molecule has 19 heavy (non-hydrogen) atoms. The predicted octanol–water partition coefficient (Wildman–Crippen LogP) is 2.75. The molecule has 1 aromatic carbocycles. The Bertz CT molecular complexity index is 390. The van der Waals surface area contributed by atoms with E-state index < -0.39 is 5.76 Å². The van der Waals surface area contributed by atoms with Gasteiger partial charge in [-0.3, -0.25) is 4.79 Å². The van der Waals surface area contributed by atoms with Gasteiger partial charge in [-0.1, -0.05) is 18.7 Å². The molecule has 1 unspecified atom stereocenters. The van der Waals surface area contributed by atoms with Crippen LogP contribution in [0.15, 0.2) is 29.2 Å². The summed E-state index contributed by atoms with van der Waals surface area (Å²) in [5, 5.41) is 2.74. The standard InChI is InChI=1S/C12H16F2N2OS.ClH/c1-8(6-15)7-16-11(17)9-2-4-10(5-3-9)18-12(13)14;/h2-5,8,12H,6-7,15H2,1H3,(H,16,17);1H. The summed E-state index contributed by atoms with van der Waals surface area (Å²) in [6, 6.07) is 6.09. The maximum absolute atomic E-state index is 12.1. The van der Waals surface area contributed by atoms with E-state index in [1.165, 1.54) is 24.3 Å². The molecule has 7 heteroatoms. The van der Waals surface area contributed by atoms with Gasteiger partial charge in [0.2, 0.25) is 0 Å². The van der Waals surface area contributed by atoms with Gasteiger partial charge in [-0.15, -0.1) is 12.4 Å². The molecule has 0 bridgehead atoms. The molecule has 0 aliphatic rings. The molecule has 0 radical (unpaired) electrons. The molecule has 0 aromatic heterocycles. The first-order valence-corrected chi connectivity index (χ1v) is 6.44. The van der Waals surface area contributed by atoms with E-state index in [4.69, 9.17) is 5.73 Å². The zero-order valence-electron chi connectivity index (χ0n) is 10.4. The van der Waals surface area contributed by atoms with Crippen molar-refractivity contribution in [3.8, 4) is 0 Å². The number of nitrogens with two attached hydrogens (primary N) is 1. The number of hydrogen-bond donors (Lipinski definition) is 2. The molecule has 0 heterocycles. The SMILES string of the molecule is CC(CN)CNC(=O)c1ccc(SC(F)F)cc1.Cl. The average molecular weight is 311 g/mol. The molecule has 0 spiro atoms. The normalized spacial score (nSPS) is 11.8. The van der Waals surface area contributed by atoms with Crippen LogP contribution in [0.1, 0.15) is 17.3 Å². The molecule has 0 fully saturated rings. The molecule has 0 aliphatic carbocycles. The summed E-state index contributed by atoms with van der Waals surface area (Å²) in [4.78, 5) is 12.1. The number of nitrogens with one attached hydrogen (secondary N) is 1. The number of halogens is 3. The van der Waals surface area contributed by atoms with Crippen LogP contribution in [0.25, 0.3) is 0 Å². The van der Waals surface area contributed by atoms with Crippen molar-refractivity contribution in [1.29, 1.82) is 0 Å². The molecule has 0 aliphatic heterocycles. The van der Waals surface area contributed by atoms with Crippen LogP contribution in [0.5, 0.6) is 0 Å². The van der Waals surface area contributed by atoms with E-state index >= 15 is 0 Å². The Hall–Kier alpha value is -0.850. The van der Waals surface area contributed by atoms with Crippen LogP contribution in [-0.2, 0) is 0 Å². The van der Waals surface area contributed by atoms with Gasteiger partial charge in [0.05, 0.1) is 0 Å². The third-order valence-electron chi connectivity index (χ3n) is 2.36. The lowest BCUT2D eigenvalue weighted by Gasteiger charge is -2.10. The fraction of sp³-hybridized carbons (Fsp3) is 0.417. The Morgan fingerprint density at radius 1 is 1.37 bits per heavy atom. The summed E-state index contributed by atoms with van der Waals surface area (Å²) in [5.41, 5.74) is 5.89. The summed E-state index contributed by atoms with van der Waals surface area (Å²) < 4.78 is 24.2. The molecule has 1 amide bonds.